The van der Waals surface area contributed by atoms with Crippen LogP contribution in [-0.4, -0.2) is 5.11 Å². The van der Waals surface area contributed by atoms with Crippen LogP contribution in [0.25, 0.3) is 0 Å². The first kappa shape index (κ1) is 14.2. The monoisotopic (exact) mass is 326 g/mol. The zero-order valence-corrected chi connectivity index (χ0v) is 12.1. The molecule has 0 saturated carbocycles. The molecule has 0 aromatic heterocycles. The average Bonchev–Trinajstić information content (AvgIpc) is 2.30. The van der Waals surface area contributed by atoms with Gasteiger partial charge in [-0.3, -0.25) is 0 Å². The number of rotatable bonds is 2. The van der Waals surface area contributed by atoms with Gasteiger partial charge in [0, 0.05) is 4.47 Å². The number of benzene rings is 2. The maximum absolute atomic E-state index is 13.8. The highest BCUT2D eigenvalue weighted by Gasteiger charge is 2.21. The maximum atomic E-state index is 13.8. The fraction of sp³-hybridized carbons (Fsp3) is 0.200. The van der Waals surface area contributed by atoms with Crippen LogP contribution in [0, 0.1) is 25.5 Å². The van der Waals surface area contributed by atoms with E-state index in [0.29, 0.717) is 10.0 Å². The second kappa shape index (κ2) is 5.39. The van der Waals surface area contributed by atoms with E-state index in [2.05, 4.69) is 15.9 Å². The lowest BCUT2D eigenvalue weighted by atomic mass is 9.95. The first-order valence-electron chi connectivity index (χ1n) is 5.80. The van der Waals surface area contributed by atoms with Gasteiger partial charge in [-0.05, 0) is 37.1 Å². The Morgan fingerprint density at radius 3 is 2.21 bits per heavy atom. The first-order valence-corrected chi connectivity index (χ1v) is 6.59. The minimum Gasteiger partial charge on any atom is -0.383 e. The van der Waals surface area contributed by atoms with Crippen molar-refractivity contribution in [2.75, 3.05) is 0 Å². The summed E-state index contributed by atoms with van der Waals surface area (Å²) in [5.41, 5.74) is 1.91. The van der Waals surface area contributed by atoms with E-state index in [9.17, 15) is 13.9 Å². The van der Waals surface area contributed by atoms with Gasteiger partial charge in [0.05, 0.1) is 5.56 Å². The molecular formula is C15H13BrF2O. The summed E-state index contributed by atoms with van der Waals surface area (Å²) < 4.78 is 28.0. The molecule has 4 heteroatoms. The van der Waals surface area contributed by atoms with Gasteiger partial charge in [-0.2, -0.15) is 0 Å². The third kappa shape index (κ3) is 2.85. The molecule has 100 valence electrons. The number of aliphatic hydroxyl groups excluding tert-OH is 1. The Bertz CT molecular complexity index is 603. The number of aliphatic hydroxyl groups is 1. The molecule has 0 bridgehead atoms. The van der Waals surface area contributed by atoms with Crippen molar-refractivity contribution in [3.05, 3.63) is 68.7 Å². The summed E-state index contributed by atoms with van der Waals surface area (Å²) >= 11 is 3.02. The Morgan fingerprint density at radius 1 is 1.05 bits per heavy atom. The van der Waals surface area contributed by atoms with Gasteiger partial charge in [0.15, 0.2) is 0 Å². The van der Waals surface area contributed by atoms with E-state index in [1.807, 2.05) is 19.1 Å². The van der Waals surface area contributed by atoms with Crippen molar-refractivity contribution >= 4 is 15.9 Å². The Kier molecular flexibility index (Phi) is 4.02. The fourth-order valence-electron chi connectivity index (χ4n) is 2.02. The molecule has 19 heavy (non-hydrogen) atoms. The number of hydrogen-bond donors (Lipinski definition) is 1. The minimum absolute atomic E-state index is 0.305. The van der Waals surface area contributed by atoms with Crippen LogP contribution in [0.2, 0.25) is 0 Å². The van der Waals surface area contributed by atoms with Crippen LogP contribution < -0.4 is 0 Å². The van der Waals surface area contributed by atoms with Crippen molar-refractivity contribution in [1.29, 1.82) is 0 Å². The van der Waals surface area contributed by atoms with Crippen LogP contribution >= 0.6 is 15.9 Å². The molecule has 2 aromatic rings. The van der Waals surface area contributed by atoms with Crippen LogP contribution in [0.5, 0.6) is 0 Å². The van der Waals surface area contributed by atoms with Gasteiger partial charge in [0.25, 0.3) is 0 Å². The molecule has 0 saturated heterocycles. The summed E-state index contributed by atoms with van der Waals surface area (Å²) in [4.78, 5) is 0. The lowest BCUT2D eigenvalue weighted by Gasteiger charge is -2.16. The summed E-state index contributed by atoms with van der Waals surface area (Å²) in [5, 5.41) is 10.3. The third-order valence-corrected chi connectivity index (χ3v) is 3.50. The third-order valence-electron chi connectivity index (χ3n) is 3.05. The quantitative estimate of drug-likeness (QED) is 0.865. The van der Waals surface area contributed by atoms with Gasteiger partial charge in [-0.15, -0.1) is 0 Å². The normalized spacial score (nSPS) is 12.5. The van der Waals surface area contributed by atoms with E-state index >= 15 is 0 Å². The minimum atomic E-state index is -1.31. The number of halogens is 3. The zero-order chi connectivity index (χ0) is 14.2. The summed E-state index contributed by atoms with van der Waals surface area (Å²) in [7, 11) is 0. The Balaban J connectivity index is 2.56. The fourth-order valence-corrected chi connectivity index (χ4v) is 2.43. The second-order valence-corrected chi connectivity index (χ2v) is 5.46. The van der Waals surface area contributed by atoms with Gasteiger partial charge >= 0.3 is 0 Å². The van der Waals surface area contributed by atoms with Crippen molar-refractivity contribution in [1.82, 2.24) is 0 Å². The number of aryl methyl sites for hydroxylation is 2. The zero-order valence-electron chi connectivity index (χ0n) is 10.5. The molecule has 0 amide bonds. The van der Waals surface area contributed by atoms with Gasteiger partial charge in [0.1, 0.15) is 17.7 Å². The van der Waals surface area contributed by atoms with E-state index < -0.39 is 17.7 Å². The van der Waals surface area contributed by atoms with Gasteiger partial charge in [0.2, 0.25) is 0 Å². The highest BCUT2D eigenvalue weighted by Crippen LogP contribution is 2.31. The van der Waals surface area contributed by atoms with Crippen LogP contribution in [0.4, 0.5) is 8.78 Å². The molecule has 0 radical (unpaired) electrons. The maximum Gasteiger partial charge on any atom is 0.133 e. The largest absolute Gasteiger partial charge is 0.383 e. The molecule has 1 N–H and O–H groups in total. The van der Waals surface area contributed by atoms with Crippen molar-refractivity contribution < 1.29 is 13.9 Å². The molecule has 0 aliphatic heterocycles. The highest BCUT2D eigenvalue weighted by atomic mass is 79.9. The molecule has 1 atom stereocenters. The van der Waals surface area contributed by atoms with Gasteiger partial charge in [-0.1, -0.05) is 39.7 Å². The first-order chi connectivity index (χ1) is 8.90. The van der Waals surface area contributed by atoms with Crippen LogP contribution in [-0.2, 0) is 0 Å². The molecule has 0 aliphatic carbocycles. The standard InChI is InChI=1S/C15H13BrF2O/c1-8-3-4-9(2)11(5-8)15(19)14-12(17)6-10(16)7-13(14)18/h3-7,15,19H,1-2H3. The summed E-state index contributed by atoms with van der Waals surface area (Å²) in [6.07, 6.45) is -1.31. The predicted octanol–water partition coefficient (Wildman–Crippen LogP) is 4.43. The predicted molar refractivity (Wildman–Crippen MR) is 74.0 cm³/mol. The lowest BCUT2D eigenvalue weighted by molar-refractivity contribution is 0.208. The molecule has 1 nitrogen and oxygen atoms in total. The Morgan fingerprint density at radius 2 is 1.63 bits per heavy atom. The molecule has 0 heterocycles. The van der Waals surface area contributed by atoms with Gasteiger partial charge in [-0.25, -0.2) is 8.78 Å². The molecular weight excluding hydrogens is 314 g/mol. The Hall–Kier alpha value is -1.26. The topological polar surface area (TPSA) is 20.2 Å². The highest BCUT2D eigenvalue weighted by molar-refractivity contribution is 9.10. The second-order valence-electron chi connectivity index (χ2n) is 4.55. The molecule has 2 aromatic carbocycles. The smallest absolute Gasteiger partial charge is 0.133 e. The van der Waals surface area contributed by atoms with Crippen molar-refractivity contribution in [3.8, 4) is 0 Å². The van der Waals surface area contributed by atoms with E-state index in [0.717, 1.165) is 23.3 Å². The molecule has 0 fully saturated rings. The summed E-state index contributed by atoms with van der Waals surface area (Å²) in [5.74, 6) is -1.53. The number of hydrogen-bond acceptors (Lipinski definition) is 1. The molecule has 1 unspecified atom stereocenters. The Labute approximate surface area is 119 Å². The average molecular weight is 327 g/mol. The van der Waals surface area contributed by atoms with E-state index in [4.69, 9.17) is 0 Å². The van der Waals surface area contributed by atoms with Crippen molar-refractivity contribution in [2.45, 2.75) is 20.0 Å². The summed E-state index contributed by atoms with van der Waals surface area (Å²) in [6.45, 7) is 3.66. The van der Waals surface area contributed by atoms with Crippen molar-refractivity contribution in [2.24, 2.45) is 0 Å². The van der Waals surface area contributed by atoms with E-state index in [-0.39, 0.29) is 5.56 Å². The van der Waals surface area contributed by atoms with E-state index in [1.54, 1.807) is 13.0 Å². The van der Waals surface area contributed by atoms with Crippen LogP contribution in [0.3, 0.4) is 0 Å². The van der Waals surface area contributed by atoms with Crippen LogP contribution in [0.15, 0.2) is 34.8 Å². The van der Waals surface area contributed by atoms with E-state index in [1.165, 1.54) is 0 Å². The molecule has 0 aliphatic rings. The lowest BCUT2D eigenvalue weighted by Crippen LogP contribution is -2.08. The summed E-state index contributed by atoms with van der Waals surface area (Å²) in [6, 6.07) is 7.74. The molecule has 0 spiro atoms. The SMILES string of the molecule is Cc1ccc(C)c(C(O)c2c(F)cc(Br)cc2F)c1. The van der Waals surface area contributed by atoms with Gasteiger partial charge < -0.3 is 5.11 Å². The van der Waals surface area contributed by atoms with Crippen LogP contribution in [0.1, 0.15) is 28.4 Å². The molecule has 2 rings (SSSR count). The van der Waals surface area contributed by atoms with Crippen molar-refractivity contribution in [3.63, 3.8) is 0 Å².